The first-order valence-corrected chi connectivity index (χ1v) is 4.86. The number of hydrogen-bond acceptors (Lipinski definition) is 3. The number of aromatic nitrogens is 4. The summed E-state index contributed by atoms with van der Waals surface area (Å²) in [4.78, 5) is 15.5. The SMILES string of the molecule is Cc1nn(C)c(-n2ccnc2C)c1C(N)=O. The summed E-state index contributed by atoms with van der Waals surface area (Å²) >= 11 is 0. The molecule has 6 nitrogen and oxygen atoms in total. The van der Waals surface area contributed by atoms with Crippen LogP contribution in [0.15, 0.2) is 12.4 Å². The smallest absolute Gasteiger partial charge is 0.254 e. The number of rotatable bonds is 2. The fourth-order valence-electron chi connectivity index (χ4n) is 1.81. The van der Waals surface area contributed by atoms with Crippen LogP contribution in [0, 0.1) is 13.8 Å². The second kappa shape index (κ2) is 3.48. The van der Waals surface area contributed by atoms with E-state index < -0.39 is 5.91 Å². The van der Waals surface area contributed by atoms with E-state index in [0.717, 1.165) is 5.82 Å². The van der Waals surface area contributed by atoms with Gasteiger partial charge < -0.3 is 5.73 Å². The molecule has 0 aromatic carbocycles. The lowest BCUT2D eigenvalue weighted by atomic mass is 10.2. The number of amides is 1. The predicted octanol–water partition coefficient (Wildman–Crippen LogP) is 0.322. The summed E-state index contributed by atoms with van der Waals surface area (Å²) in [5, 5.41) is 4.20. The van der Waals surface area contributed by atoms with Crippen molar-refractivity contribution >= 4 is 5.91 Å². The molecule has 2 rings (SSSR count). The number of carbonyl (C=O) groups excluding carboxylic acids is 1. The van der Waals surface area contributed by atoms with E-state index in [4.69, 9.17) is 5.73 Å². The van der Waals surface area contributed by atoms with Crippen molar-refractivity contribution in [2.45, 2.75) is 13.8 Å². The van der Waals surface area contributed by atoms with Gasteiger partial charge in [0.15, 0.2) is 0 Å². The van der Waals surface area contributed by atoms with Gasteiger partial charge in [0.1, 0.15) is 17.2 Å². The molecule has 0 aliphatic carbocycles. The average Bonchev–Trinajstić information content (AvgIpc) is 2.69. The molecule has 0 saturated carbocycles. The maximum atomic E-state index is 11.4. The van der Waals surface area contributed by atoms with Crippen molar-refractivity contribution in [3.05, 3.63) is 29.5 Å². The summed E-state index contributed by atoms with van der Waals surface area (Å²) in [6.45, 7) is 3.61. The zero-order valence-electron chi connectivity index (χ0n) is 9.43. The van der Waals surface area contributed by atoms with E-state index in [-0.39, 0.29) is 0 Å². The van der Waals surface area contributed by atoms with Gasteiger partial charge in [-0.15, -0.1) is 0 Å². The lowest BCUT2D eigenvalue weighted by molar-refractivity contribution is 0.0999. The van der Waals surface area contributed by atoms with Crippen LogP contribution in [0.5, 0.6) is 0 Å². The second-order valence-electron chi connectivity index (χ2n) is 3.62. The van der Waals surface area contributed by atoms with Crippen molar-refractivity contribution in [2.75, 3.05) is 0 Å². The van der Waals surface area contributed by atoms with Gasteiger partial charge in [-0.1, -0.05) is 0 Å². The highest BCUT2D eigenvalue weighted by atomic mass is 16.1. The van der Waals surface area contributed by atoms with E-state index in [9.17, 15) is 4.79 Å². The lowest BCUT2D eigenvalue weighted by Gasteiger charge is -2.06. The Morgan fingerprint density at radius 3 is 2.62 bits per heavy atom. The zero-order chi connectivity index (χ0) is 11.9. The fraction of sp³-hybridized carbons (Fsp3) is 0.300. The van der Waals surface area contributed by atoms with Crippen LogP contribution >= 0.6 is 0 Å². The Bertz CT molecular complexity index is 552. The van der Waals surface area contributed by atoms with Gasteiger partial charge in [-0.3, -0.25) is 14.0 Å². The van der Waals surface area contributed by atoms with Gasteiger partial charge in [0.25, 0.3) is 5.91 Å². The third-order valence-electron chi connectivity index (χ3n) is 2.49. The van der Waals surface area contributed by atoms with Crippen LogP contribution in [0.2, 0.25) is 0 Å². The Balaban J connectivity index is 2.74. The summed E-state index contributed by atoms with van der Waals surface area (Å²) in [5.74, 6) is 0.958. The molecule has 84 valence electrons. The highest BCUT2D eigenvalue weighted by molar-refractivity contribution is 5.97. The third kappa shape index (κ3) is 1.39. The molecule has 6 heteroatoms. The van der Waals surface area contributed by atoms with Crippen LogP contribution in [0.3, 0.4) is 0 Å². The summed E-state index contributed by atoms with van der Waals surface area (Å²) in [5.41, 5.74) is 6.42. The molecule has 2 aromatic rings. The number of hydrogen-bond donors (Lipinski definition) is 1. The molecule has 0 spiro atoms. The molecule has 0 unspecified atom stereocenters. The maximum Gasteiger partial charge on any atom is 0.254 e. The normalized spacial score (nSPS) is 10.7. The zero-order valence-corrected chi connectivity index (χ0v) is 9.43. The van der Waals surface area contributed by atoms with E-state index in [1.807, 2.05) is 6.92 Å². The summed E-state index contributed by atoms with van der Waals surface area (Å²) in [7, 11) is 1.77. The van der Waals surface area contributed by atoms with Gasteiger partial charge in [-0.25, -0.2) is 4.98 Å². The molecule has 0 bridgehead atoms. The second-order valence-corrected chi connectivity index (χ2v) is 3.62. The van der Waals surface area contributed by atoms with Crippen LogP contribution in [0.4, 0.5) is 0 Å². The van der Waals surface area contributed by atoms with E-state index >= 15 is 0 Å². The summed E-state index contributed by atoms with van der Waals surface area (Å²) in [6.07, 6.45) is 3.45. The van der Waals surface area contributed by atoms with Crippen molar-refractivity contribution < 1.29 is 4.79 Å². The van der Waals surface area contributed by atoms with Gasteiger partial charge in [0, 0.05) is 19.4 Å². The number of nitrogens with two attached hydrogens (primary N) is 1. The molecule has 2 N–H and O–H groups in total. The van der Waals surface area contributed by atoms with Crippen molar-refractivity contribution in [3.63, 3.8) is 0 Å². The van der Waals surface area contributed by atoms with Gasteiger partial charge in [-0.2, -0.15) is 5.10 Å². The van der Waals surface area contributed by atoms with Crippen LogP contribution in [0.25, 0.3) is 5.82 Å². The average molecular weight is 219 g/mol. The molecule has 1 amide bonds. The van der Waals surface area contributed by atoms with E-state index in [0.29, 0.717) is 17.1 Å². The summed E-state index contributed by atoms with van der Waals surface area (Å²) in [6, 6.07) is 0. The molecule has 16 heavy (non-hydrogen) atoms. The van der Waals surface area contributed by atoms with Gasteiger partial charge in [-0.05, 0) is 13.8 Å². The van der Waals surface area contributed by atoms with E-state index in [1.54, 1.807) is 35.6 Å². The molecule has 2 aromatic heterocycles. The minimum Gasteiger partial charge on any atom is -0.365 e. The molecule has 0 fully saturated rings. The van der Waals surface area contributed by atoms with Gasteiger partial charge in [0.2, 0.25) is 0 Å². The van der Waals surface area contributed by atoms with E-state index in [1.165, 1.54) is 0 Å². The minimum atomic E-state index is -0.478. The molecule has 0 aliphatic heterocycles. The Labute approximate surface area is 92.7 Å². The van der Waals surface area contributed by atoms with Gasteiger partial charge in [0.05, 0.1) is 5.69 Å². The van der Waals surface area contributed by atoms with Crippen molar-refractivity contribution in [1.82, 2.24) is 19.3 Å². The molecule has 0 atom stereocenters. The molecule has 2 heterocycles. The molecule has 0 saturated heterocycles. The monoisotopic (exact) mass is 219 g/mol. The largest absolute Gasteiger partial charge is 0.365 e. The highest BCUT2D eigenvalue weighted by Gasteiger charge is 2.20. The first-order valence-electron chi connectivity index (χ1n) is 4.86. The molecule has 0 radical (unpaired) electrons. The topological polar surface area (TPSA) is 78.7 Å². The van der Waals surface area contributed by atoms with E-state index in [2.05, 4.69) is 10.1 Å². The van der Waals surface area contributed by atoms with Crippen LogP contribution in [-0.4, -0.2) is 25.2 Å². The maximum absolute atomic E-state index is 11.4. The number of carbonyl (C=O) groups is 1. The minimum absolute atomic E-state index is 0.434. The number of imidazole rings is 1. The Kier molecular flexibility index (Phi) is 2.26. The van der Waals surface area contributed by atoms with Crippen LogP contribution in [0.1, 0.15) is 21.9 Å². The molecular formula is C10H13N5O. The quantitative estimate of drug-likeness (QED) is 0.790. The lowest BCUT2D eigenvalue weighted by Crippen LogP contribution is -2.16. The van der Waals surface area contributed by atoms with Crippen LogP contribution in [-0.2, 0) is 7.05 Å². The number of nitrogens with zero attached hydrogens (tertiary/aromatic N) is 4. The summed E-state index contributed by atoms with van der Waals surface area (Å²) < 4.78 is 3.42. The Morgan fingerprint density at radius 1 is 1.44 bits per heavy atom. The standard InChI is InChI=1S/C10H13N5O/c1-6-8(9(11)16)10(14(3)13-6)15-5-4-12-7(15)2/h4-5H,1-3H3,(H2,11,16). The highest BCUT2D eigenvalue weighted by Crippen LogP contribution is 2.18. The van der Waals surface area contributed by atoms with Crippen molar-refractivity contribution in [1.29, 1.82) is 0 Å². The van der Waals surface area contributed by atoms with Crippen molar-refractivity contribution in [2.24, 2.45) is 12.8 Å². The first kappa shape index (κ1) is 10.4. The number of primary amides is 1. The Hall–Kier alpha value is -2.11. The van der Waals surface area contributed by atoms with Crippen molar-refractivity contribution in [3.8, 4) is 5.82 Å². The fourth-order valence-corrected chi connectivity index (χ4v) is 1.81. The predicted molar refractivity (Wildman–Crippen MR) is 58.3 cm³/mol. The number of aryl methyl sites for hydroxylation is 3. The first-order chi connectivity index (χ1) is 7.52. The third-order valence-corrected chi connectivity index (χ3v) is 2.49. The Morgan fingerprint density at radius 2 is 2.12 bits per heavy atom. The van der Waals surface area contributed by atoms with Crippen LogP contribution < -0.4 is 5.73 Å². The van der Waals surface area contributed by atoms with Gasteiger partial charge >= 0.3 is 0 Å². The molecule has 0 aliphatic rings. The molecular weight excluding hydrogens is 206 g/mol.